The Kier molecular flexibility index (Phi) is 13.6. The third-order valence-corrected chi connectivity index (χ3v) is 14.7. The summed E-state index contributed by atoms with van der Waals surface area (Å²) in [6.45, 7) is 27.5. The van der Waals surface area contributed by atoms with Gasteiger partial charge in [-0.05, 0) is 139 Å². The standard InChI is InChI=1S/C69H73N4O.Pt/c1-46-35-52(67(5,6)7)41-59(50-37-53(68(8,9)10)40-54(38-50)69(11,12)13)57(46)25-20-34-71-45-72(63-27-18-17-26-62(63)71)55-24-19-21-47(36-55)44-74-56-29-30-58-60-39-49(48-22-15-14-16-23-48)28-31-61(60)73(64(58)43-56)65-42-51(32-33-70-65)66(2,3)4;/h14-19,21-24,26-33,35,37-42,45H,20,25,34,44H2,1-13H3;/q-3;/i1D3;. The molecule has 0 radical (unpaired) electrons. The first-order chi connectivity index (χ1) is 36.3. The van der Waals surface area contributed by atoms with Crippen LogP contribution in [0.4, 0.5) is 17.1 Å². The van der Waals surface area contributed by atoms with Gasteiger partial charge in [0.1, 0.15) is 5.82 Å². The molecule has 0 bridgehead atoms. The Morgan fingerprint density at radius 3 is 1.96 bits per heavy atom. The molecular formula is C69H73N4OPt-3. The van der Waals surface area contributed by atoms with E-state index in [0.717, 1.165) is 84.5 Å². The summed E-state index contributed by atoms with van der Waals surface area (Å²) in [5, 5.41) is 2.20. The number of hydrogen-bond acceptors (Lipinski definition) is 4. The van der Waals surface area contributed by atoms with Crippen LogP contribution in [-0.2, 0) is 55.8 Å². The van der Waals surface area contributed by atoms with Crippen LogP contribution in [0.1, 0.15) is 133 Å². The van der Waals surface area contributed by atoms with Crippen molar-refractivity contribution in [2.75, 3.05) is 16.3 Å². The van der Waals surface area contributed by atoms with Gasteiger partial charge in [0.2, 0.25) is 0 Å². The number of aromatic nitrogens is 2. The molecule has 1 aliphatic rings. The van der Waals surface area contributed by atoms with Crippen molar-refractivity contribution < 1.29 is 29.9 Å². The predicted octanol–water partition coefficient (Wildman–Crippen LogP) is 17.9. The fourth-order valence-corrected chi connectivity index (χ4v) is 10.2. The van der Waals surface area contributed by atoms with E-state index in [1.54, 1.807) is 0 Å². The minimum Gasteiger partial charge on any atom is -0.517 e. The maximum absolute atomic E-state index is 8.92. The Balaban J connectivity index is 0.00000740. The summed E-state index contributed by atoms with van der Waals surface area (Å²) >= 11 is 0. The summed E-state index contributed by atoms with van der Waals surface area (Å²) < 4.78 is 35.6. The smallest absolute Gasteiger partial charge is 0.135 e. The predicted molar refractivity (Wildman–Crippen MR) is 312 cm³/mol. The van der Waals surface area contributed by atoms with Crippen molar-refractivity contribution in [1.29, 1.82) is 0 Å². The first-order valence-electron chi connectivity index (χ1n) is 27.8. The zero-order valence-corrected chi connectivity index (χ0v) is 48.1. The molecule has 5 nitrogen and oxygen atoms in total. The van der Waals surface area contributed by atoms with Crippen LogP contribution in [0.15, 0.2) is 152 Å². The van der Waals surface area contributed by atoms with Crippen LogP contribution in [0, 0.1) is 25.7 Å². The van der Waals surface area contributed by atoms with Crippen LogP contribution in [-0.4, -0.2) is 16.1 Å². The molecule has 0 N–H and O–H groups in total. The molecule has 0 saturated carbocycles. The van der Waals surface area contributed by atoms with Gasteiger partial charge in [-0.1, -0.05) is 174 Å². The largest absolute Gasteiger partial charge is 0.517 e. The Labute approximate surface area is 466 Å². The van der Waals surface area contributed by atoms with Crippen molar-refractivity contribution in [2.24, 2.45) is 0 Å². The number of fused-ring (bicyclic) bond motifs is 4. The van der Waals surface area contributed by atoms with Crippen LogP contribution in [0.5, 0.6) is 5.75 Å². The molecule has 1 aliphatic heterocycles. The molecule has 388 valence electrons. The molecule has 75 heavy (non-hydrogen) atoms. The van der Waals surface area contributed by atoms with Crippen LogP contribution in [0.2, 0.25) is 0 Å². The zero-order valence-electron chi connectivity index (χ0n) is 48.9. The molecule has 10 rings (SSSR count). The van der Waals surface area contributed by atoms with Gasteiger partial charge < -0.3 is 19.1 Å². The van der Waals surface area contributed by atoms with Crippen LogP contribution in [0.3, 0.4) is 0 Å². The zero-order chi connectivity index (χ0) is 54.8. The second kappa shape index (κ2) is 20.6. The quantitative estimate of drug-likeness (QED) is 0.121. The molecule has 0 fully saturated rings. The van der Waals surface area contributed by atoms with Gasteiger partial charge in [0.25, 0.3) is 0 Å². The van der Waals surface area contributed by atoms with Crippen molar-refractivity contribution in [3.8, 4) is 33.8 Å². The summed E-state index contributed by atoms with van der Waals surface area (Å²) in [5.41, 5.74) is 15.9. The molecular weight excluding hydrogens is 1100 g/mol. The van der Waals surface area contributed by atoms with Crippen molar-refractivity contribution >= 4 is 38.9 Å². The summed E-state index contributed by atoms with van der Waals surface area (Å²) in [7, 11) is 0. The number of aryl methyl sites for hydroxylation is 1. The Hall–Kier alpha value is -6.42. The van der Waals surface area contributed by atoms with Gasteiger partial charge in [0.15, 0.2) is 0 Å². The Morgan fingerprint density at radius 2 is 1.27 bits per heavy atom. The summed E-state index contributed by atoms with van der Waals surface area (Å²) in [6, 6.07) is 58.8. The summed E-state index contributed by atoms with van der Waals surface area (Å²) in [5.74, 6) is 1.47. The first-order valence-corrected chi connectivity index (χ1v) is 26.3. The van der Waals surface area contributed by atoms with E-state index in [2.05, 4.69) is 244 Å². The van der Waals surface area contributed by atoms with E-state index in [9.17, 15) is 0 Å². The summed E-state index contributed by atoms with van der Waals surface area (Å²) in [6.07, 6.45) is 3.24. The second-order valence-corrected chi connectivity index (χ2v) is 24.4. The van der Waals surface area contributed by atoms with Gasteiger partial charge in [-0.2, -0.15) is 37.0 Å². The molecule has 6 heteroatoms. The van der Waals surface area contributed by atoms with Gasteiger partial charge in [-0.25, -0.2) is 4.98 Å². The third-order valence-electron chi connectivity index (χ3n) is 14.7. The van der Waals surface area contributed by atoms with E-state index < -0.39 is 6.85 Å². The topological polar surface area (TPSA) is 33.5 Å². The number of ether oxygens (including phenoxy) is 1. The van der Waals surface area contributed by atoms with Crippen LogP contribution in [0.25, 0.3) is 49.9 Å². The van der Waals surface area contributed by atoms with Gasteiger partial charge in [0.05, 0.1) is 6.61 Å². The number of anilines is 3. The van der Waals surface area contributed by atoms with Crippen molar-refractivity contribution in [3.05, 3.63) is 210 Å². The fraction of sp³-hybridized carbons (Fsp3) is 0.304. The monoisotopic (exact) mass is 1170 g/mol. The number of rotatable bonds is 11. The minimum absolute atomic E-state index is 0. The molecule has 0 atom stereocenters. The number of nitrogens with zero attached hydrogens (tertiary/aromatic N) is 4. The Morgan fingerprint density at radius 1 is 0.587 bits per heavy atom. The van der Waals surface area contributed by atoms with E-state index in [1.807, 2.05) is 24.4 Å². The molecule has 0 aliphatic carbocycles. The van der Waals surface area contributed by atoms with E-state index in [4.69, 9.17) is 13.8 Å². The SMILES string of the molecule is [2H]C([2H])([2H])c1cc(C(C)(C)C)cc(-c2cc(C(C)(C)C)cc(C(C)(C)C)c2)c1CCCN1[CH-]N(c2[c-]c(COc3[c-]c4c(cc3)c3cc(-c5ccccc5)ccc3n4-c3cc(C(C)(C)C)ccn3)ccc2)c2ccccc21.[Pt]. The molecule has 2 aromatic heterocycles. The number of hydrogen-bond donors (Lipinski definition) is 0. The average molecular weight is 1170 g/mol. The van der Waals surface area contributed by atoms with E-state index in [-0.39, 0.29) is 42.7 Å². The third kappa shape index (κ3) is 11.1. The molecule has 9 aromatic rings. The molecule has 0 saturated heterocycles. The average Bonchev–Trinajstić information content (AvgIpc) is 4.01. The van der Waals surface area contributed by atoms with Gasteiger partial charge in [-0.3, -0.25) is 0 Å². The van der Waals surface area contributed by atoms with E-state index in [0.29, 0.717) is 30.9 Å². The van der Waals surface area contributed by atoms with E-state index >= 15 is 0 Å². The molecule has 3 heterocycles. The number of pyridine rings is 1. The second-order valence-electron chi connectivity index (χ2n) is 24.4. The number of para-hydroxylation sites is 2. The molecule has 0 amide bonds. The molecule has 7 aromatic carbocycles. The molecule has 0 unspecified atom stereocenters. The fourth-order valence-electron chi connectivity index (χ4n) is 10.2. The molecule has 0 spiro atoms. The maximum Gasteiger partial charge on any atom is 0.135 e. The van der Waals surface area contributed by atoms with Gasteiger partial charge in [0, 0.05) is 54.0 Å². The van der Waals surface area contributed by atoms with E-state index in [1.165, 1.54) is 22.3 Å². The van der Waals surface area contributed by atoms with Crippen molar-refractivity contribution in [3.63, 3.8) is 0 Å². The summed E-state index contributed by atoms with van der Waals surface area (Å²) in [4.78, 5) is 9.41. The number of benzene rings is 7. The van der Waals surface area contributed by atoms with Gasteiger partial charge >= 0.3 is 0 Å². The Bertz CT molecular complexity index is 3610. The maximum atomic E-state index is 8.92. The minimum atomic E-state index is -2.29. The van der Waals surface area contributed by atoms with Crippen molar-refractivity contribution in [2.45, 2.75) is 131 Å². The van der Waals surface area contributed by atoms with Crippen LogP contribution >= 0.6 is 0 Å². The van der Waals surface area contributed by atoms with Crippen LogP contribution < -0.4 is 14.5 Å². The van der Waals surface area contributed by atoms with Gasteiger partial charge in [-0.15, -0.1) is 28.8 Å². The first kappa shape index (κ1) is 49.5. The van der Waals surface area contributed by atoms with Crippen molar-refractivity contribution in [1.82, 2.24) is 9.55 Å². The normalized spacial score (nSPS) is 13.9.